The molecule has 0 aliphatic heterocycles. The molecule has 3 nitrogen and oxygen atoms in total. The van der Waals surface area contributed by atoms with Gasteiger partial charge < -0.3 is 10.0 Å². The van der Waals surface area contributed by atoms with Crippen molar-refractivity contribution in [1.82, 2.24) is 4.90 Å². The lowest BCUT2D eigenvalue weighted by Crippen LogP contribution is -2.22. The number of benzene rings is 1. The van der Waals surface area contributed by atoms with Gasteiger partial charge in [-0.05, 0) is 38.4 Å². The molecular formula is C14H22ClNO2. The van der Waals surface area contributed by atoms with Gasteiger partial charge in [0.15, 0.2) is 0 Å². The number of likely N-dealkylation sites (N-methyl/N-ethyl adjacent to an activating group) is 1. The maximum atomic E-state index is 10.3. The van der Waals surface area contributed by atoms with Gasteiger partial charge in [0, 0.05) is 13.0 Å². The molecule has 1 aromatic carbocycles. The first-order valence-electron chi connectivity index (χ1n) is 6.13. The number of rotatable bonds is 8. The Balaban J connectivity index is 0.00000289. The molecule has 0 fully saturated rings. The van der Waals surface area contributed by atoms with E-state index >= 15 is 0 Å². The van der Waals surface area contributed by atoms with Gasteiger partial charge in [-0.15, -0.1) is 12.4 Å². The Labute approximate surface area is 115 Å². The van der Waals surface area contributed by atoms with Crippen LogP contribution < -0.4 is 0 Å². The van der Waals surface area contributed by atoms with E-state index in [2.05, 4.69) is 36.2 Å². The van der Waals surface area contributed by atoms with Crippen molar-refractivity contribution in [3.05, 3.63) is 35.9 Å². The Morgan fingerprint density at radius 3 is 2.44 bits per heavy atom. The summed E-state index contributed by atoms with van der Waals surface area (Å²) in [5.74, 6) is -0.697. The SMILES string of the molecule is CN(CCCCC(=O)O)CCc1ccccc1.Cl. The zero-order chi connectivity index (χ0) is 12.5. The highest BCUT2D eigenvalue weighted by atomic mass is 35.5. The van der Waals surface area contributed by atoms with Gasteiger partial charge in [-0.2, -0.15) is 0 Å². The summed E-state index contributed by atoms with van der Waals surface area (Å²) in [6.45, 7) is 2.00. The molecule has 0 aliphatic rings. The average Bonchev–Trinajstić information content (AvgIpc) is 2.33. The third-order valence-electron chi connectivity index (χ3n) is 2.81. The summed E-state index contributed by atoms with van der Waals surface area (Å²) in [4.78, 5) is 12.6. The summed E-state index contributed by atoms with van der Waals surface area (Å²) in [5.41, 5.74) is 1.35. The monoisotopic (exact) mass is 271 g/mol. The molecule has 0 atom stereocenters. The normalized spacial score (nSPS) is 10.1. The Morgan fingerprint density at radius 2 is 1.83 bits per heavy atom. The minimum absolute atomic E-state index is 0. The second-order valence-corrected chi connectivity index (χ2v) is 4.39. The van der Waals surface area contributed by atoms with Crippen LogP contribution in [0.5, 0.6) is 0 Å². The molecule has 18 heavy (non-hydrogen) atoms. The molecule has 0 aromatic heterocycles. The van der Waals surface area contributed by atoms with E-state index in [1.54, 1.807) is 0 Å². The van der Waals surface area contributed by atoms with Crippen molar-refractivity contribution in [2.24, 2.45) is 0 Å². The number of carboxylic acids is 1. The standard InChI is InChI=1S/C14H21NO2.ClH/c1-15(11-6-5-9-14(16)17)12-10-13-7-3-2-4-8-13;/h2-4,7-8H,5-6,9-12H2,1H3,(H,16,17);1H. The van der Waals surface area contributed by atoms with Gasteiger partial charge in [-0.1, -0.05) is 30.3 Å². The van der Waals surface area contributed by atoms with Crippen molar-refractivity contribution in [2.45, 2.75) is 25.7 Å². The molecule has 0 saturated heterocycles. The van der Waals surface area contributed by atoms with Crippen LogP contribution in [0.25, 0.3) is 0 Å². The Morgan fingerprint density at radius 1 is 1.17 bits per heavy atom. The summed E-state index contributed by atoms with van der Waals surface area (Å²) >= 11 is 0. The highest BCUT2D eigenvalue weighted by Crippen LogP contribution is 2.02. The molecule has 102 valence electrons. The number of carbonyl (C=O) groups is 1. The first-order valence-corrected chi connectivity index (χ1v) is 6.13. The van der Waals surface area contributed by atoms with Crippen LogP contribution in [0.3, 0.4) is 0 Å². The smallest absolute Gasteiger partial charge is 0.303 e. The predicted molar refractivity (Wildman–Crippen MR) is 76.4 cm³/mol. The molecule has 1 N–H and O–H groups in total. The number of halogens is 1. The summed E-state index contributed by atoms with van der Waals surface area (Å²) in [6, 6.07) is 10.4. The number of hydrogen-bond acceptors (Lipinski definition) is 2. The van der Waals surface area contributed by atoms with Crippen LogP contribution in [-0.4, -0.2) is 36.1 Å². The number of nitrogens with zero attached hydrogens (tertiary/aromatic N) is 1. The molecular weight excluding hydrogens is 250 g/mol. The Hall–Kier alpha value is -1.06. The van der Waals surface area contributed by atoms with Gasteiger partial charge >= 0.3 is 5.97 Å². The van der Waals surface area contributed by atoms with E-state index in [0.717, 1.165) is 32.4 Å². The lowest BCUT2D eigenvalue weighted by atomic mass is 10.1. The molecule has 1 rings (SSSR count). The van der Waals surface area contributed by atoms with E-state index in [1.165, 1.54) is 5.56 Å². The third kappa shape index (κ3) is 8.09. The largest absolute Gasteiger partial charge is 0.481 e. The third-order valence-corrected chi connectivity index (χ3v) is 2.81. The lowest BCUT2D eigenvalue weighted by molar-refractivity contribution is -0.137. The van der Waals surface area contributed by atoms with Crippen molar-refractivity contribution < 1.29 is 9.90 Å². The van der Waals surface area contributed by atoms with Gasteiger partial charge in [0.2, 0.25) is 0 Å². The zero-order valence-electron chi connectivity index (χ0n) is 10.8. The van der Waals surface area contributed by atoms with Crippen molar-refractivity contribution >= 4 is 18.4 Å². The van der Waals surface area contributed by atoms with E-state index in [1.807, 2.05) is 6.07 Å². The summed E-state index contributed by atoms with van der Waals surface area (Å²) < 4.78 is 0. The number of aliphatic carboxylic acids is 1. The fraction of sp³-hybridized carbons (Fsp3) is 0.500. The van der Waals surface area contributed by atoms with E-state index in [4.69, 9.17) is 5.11 Å². The van der Waals surface area contributed by atoms with Crippen molar-refractivity contribution in [1.29, 1.82) is 0 Å². The van der Waals surface area contributed by atoms with Gasteiger partial charge in [0.1, 0.15) is 0 Å². The number of carboxylic acid groups (broad SMARTS) is 1. The Kier molecular flexibility index (Phi) is 9.33. The average molecular weight is 272 g/mol. The van der Waals surface area contributed by atoms with Gasteiger partial charge in [0.25, 0.3) is 0 Å². The van der Waals surface area contributed by atoms with Crippen LogP contribution in [0.2, 0.25) is 0 Å². The fourth-order valence-electron chi connectivity index (χ4n) is 1.73. The van der Waals surface area contributed by atoms with Crippen LogP contribution in [0.15, 0.2) is 30.3 Å². The predicted octanol–water partition coefficient (Wildman–Crippen LogP) is 2.84. The lowest BCUT2D eigenvalue weighted by Gasteiger charge is -2.16. The van der Waals surface area contributed by atoms with Crippen LogP contribution in [0, 0.1) is 0 Å². The first kappa shape index (κ1) is 16.9. The van der Waals surface area contributed by atoms with Crippen LogP contribution in [0.1, 0.15) is 24.8 Å². The Bertz CT molecular complexity index is 330. The van der Waals surface area contributed by atoms with E-state index in [0.29, 0.717) is 0 Å². The van der Waals surface area contributed by atoms with E-state index < -0.39 is 5.97 Å². The fourth-order valence-corrected chi connectivity index (χ4v) is 1.73. The molecule has 1 aromatic rings. The molecule has 0 amide bonds. The summed E-state index contributed by atoms with van der Waals surface area (Å²) in [7, 11) is 2.09. The van der Waals surface area contributed by atoms with Crippen LogP contribution in [0.4, 0.5) is 0 Å². The van der Waals surface area contributed by atoms with E-state index in [9.17, 15) is 4.79 Å². The van der Waals surface area contributed by atoms with Crippen molar-refractivity contribution in [3.63, 3.8) is 0 Å². The maximum absolute atomic E-state index is 10.3. The van der Waals surface area contributed by atoms with Crippen molar-refractivity contribution in [3.8, 4) is 0 Å². The highest BCUT2D eigenvalue weighted by Gasteiger charge is 2.01. The molecule has 0 aliphatic carbocycles. The quantitative estimate of drug-likeness (QED) is 0.739. The zero-order valence-corrected chi connectivity index (χ0v) is 11.7. The molecule has 0 unspecified atom stereocenters. The molecule has 0 radical (unpaired) electrons. The topological polar surface area (TPSA) is 40.5 Å². The van der Waals surface area contributed by atoms with Gasteiger partial charge in [-0.25, -0.2) is 0 Å². The molecule has 0 spiro atoms. The first-order chi connectivity index (χ1) is 8.18. The summed E-state index contributed by atoms with van der Waals surface area (Å²) in [5, 5.41) is 8.52. The van der Waals surface area contributed by atoms with E-state index in [-0.39, 0.29) is 18.8 Å². The minimum atomic E-state index is -0.697. The van der Waals surface area contributed by atoms with Crippen LogP contribution >= 0.6 is 12.4 Å². The second kappa shape index (κ2) is 9.92. The molecule has 0 saturated carbocycles. The molecule has 4 heteroatoms. The van der Waals surface area contributed by atoms with Crippen LogP contribution in [-0.2, 0) is 11.2 Å². The summed E-state index contributed by atoms with van der Waals surface area (Å²) in [6.07, 6.45) is 3.06. The number of unbranched alkanes of at least 4 members (excludes halogenated alkanes) is 1. The molecule has 0 bridgehead atoms. The maximum Gasteiger partial charge on any atom is 0.303 e. The second-order valence-electron chi connectivity index (χ2n) is 4.39. The highest BCUT2D eigenvalue weighted by molar-refractivity contribution is 5.85. The van der Waals surface area contributed by atoms with Gasteiger partial charge in [-0.3, -0.25) is 4.79 Å². The molecule has 0 heterocycles. The van der Waals surface area contributed by atoms with Crippen molar-refractivity contribution in [2.75, 3.05) is 20.1 Å². The minimum Gasteiger partial charge on any atom is -0.481 e. The van der Waals surface area contributed by atoms with Gasteiger partial charge in [0.05, 0.1) is 0 Å². The number of hydrogen-bond donors (Lipinski definition) is 1.